The predicted molar refractivity (Wildman–Crippen MR) is 117 cm³/mol. The van der Waals surface area contributed by atoms with Crippen LogP contribution in [0.25, 0.3) is 33.3 Å². The van der Waals surface area contributed by atoms with Gasteiger partial charge in [0.25, 0.3) is 0 Å². The number of hydrogen-bond acceptors (Lipinski definition) is 5. The highest BCUT2D eigenvalue weighted by Gasteiger charge is 2.13. The average molecular weight is 384 g/mol. The molecule has 3 aromatic heterocycles. The minimum Gasteiger partial charge on any atom is -0.354 e. The van der Waals surface area contributed by atoms with Crippen LogP contribution >= 0.6 is 0 Å². The Morgan fingerprint density at radius 2 is 1.55 bits per heavy atom. The molecule has 0 unspecified atom stereocenters. The fourth-order valence-electron chi connectivity index (χ4n) is 3.97. The van der Waals surface area contributed by atoms with Crippen LogP contribution in [-0.4, -0.2) is 46.1 Å². The smallest absolute Gasteiger partial charge is 0.128 e. The van der Waals surface area contributed by atoms with Crippen molar-refractivity contribution in [2.45, 2.75) is 13.8 Å². The normalized spacial score (nSPS) is 14.5. The molecule has 0 bridgehead atoms. The van der Waals surface area contributed by atoms with Crippen molar-refractivity contribution >= 4 is 16.7 Å². The maximum atomic E-state index is 4.71. The van der Waals surface area contributed by atoms with Gasteiger partial charge in [0.2, 0.25) is 0 Å². The fourth-order valence-corrected chi connectivity index (χ4v) is 3.97. The topological polar surface area (TPSA) is 69.7 Å². The summed E-state index contributed by atoms with van der Waals surface area (Å²) < 4.78 is 0. The number of aromatic amines is 1. The minimum atomic E-state index is 0.779. The quantitative estimate of drug-likeness (QED) is 0.563. The van der Waals surface area contributed by atoms with Gasteiger partial charge in [-0.05, 0) is 43.2 Å². The van der Waals surface area contributed by atoms with E-state index in [1.165, 1.54) is 10.9 Å². The first-order valence-corrected chi connectivity index (χ1v) is 10.0. The fraction of sp³-hybridized carbons (Fsp3) is 0.261. The molecule has 1 fully saturated rings. The first-order chi connectivity index (χ1) is 14.2. The first-order valence-electron chi connectivity index (χ1n) is 10.0. The van der Waals surface area contributed by atoms with E-state index in [-0.39, 0.29) is 0 Å². The van der Waals surface area contributed by atoms with Gasteiger partial charge >= 0.3 is 0 Å². The van der Waals surface area contributed by atoms with Crippen LogP contribution in [0.4, 0.5) is 5.82 Å². The molecular weight excluding hydrogens is 360 g/mol. The zero-order valence-electron chi connectivity index (χ0n) is 16.7. The van der Waals surface area contributed by atoms with Gasteiger partial charge in [0.05, 0.1) is 5.69 Å². The van der Waals surface area contributed by atoms with E-state index >= 15 is 0 Å². The molecule has 0 spiro atoms. The van der Waals surface area contributed by atoms with Gasteiger partial charge in [-0.2, -0.15) is 0 Å². The molecule has 4 aromatic rings. The zero-order valence-corrected chi connectivity index (χ0v) is 16.7. The molecule has 0 amide bonds. The molecule has 1 aromatic carbocycles. The van der Waals surface area contributed by atoms with Crippen LogP contribution in [0.2, 0.25) is 0 Å². The highest BCUT2D eigenvalue weighted by Crippen LogP contribution is 2.32. The molecule has 6 heteroatoms. The Morgan fingerprint density at radius 3 is 2.28 bits per heavy atom. The second-order valence-corrected chi connectivity index (χ2v) is 7.55. The SMILES string of the molecule is Cc1ncc(-c2[nH]c3cc(-c4ccc(N5CCNCC5)nc4)ccc3c2C)cn1. The van der Waals surface area contributed by atoms with Crippen LogP contribution in [0.1, 0.15) is 11.4 Å². The Hall–Kier alpha value is -3.25. The van der Waals surface area contributed by atoms with Gasteiger partial charge in [0.1, 0.15) is 11.6 Å². The number of nitrogens with one attached hydrogen (secondary N) is 2. The molecule has 2 N–H and O–H groups in total. The third-order valence-corrected chi connectivity index (χ3v) is 5.65. The molecule has 6 nitrogen and oxygen atoms in total. The monoisotopic (exact) mass is 384 g/mol. The number of aryl methyl sites for hydroxylation is 2. The second-order valence-electron chi connectivity index (χ2n) is 7.55. The van der Waals surface area contributed by atoms with Gasteiger partial charge in [-0.1, -0.05) is 12.1 Å². The highest BCUT2D eigenvalue weighted by molar-refractivity contribution is 5.93. The third kappa shape index (κ3) is 3.36. The van der Waals surface area contributed by atoms with Crippen molar-refractivity contribution in [1.82, 2.24) is 25.3 Å². The molecule has 4 heterocycles. The lowest BCUT2D eigenvalue weighted by Crippen LogP contribution is -2.43. The Labute approximate surface area is 170 Å². The molecular formula is C23H24N6. The lowest BCUT2D eigenvalue weighted by Gasteiger charge is -2.28. The third-order valence-electron chi connectivity index (χ3n) is 5.65. The van der Waals surface area contributed by atoms with Crippen LogP contribution in [-0.2, 0) is 0 Å². The van der Waals surface area contributed by atoms with E-state index in [1.807, 2.05) is 25.5 Å². The summed E-state index contributed by atoms with van der Waals surface area (Å²) in [6.45, 7) is 8.07. The van der Waals surface area contributed by atoms with Crippen molar-refractivity contribution in [2.75, 3.05) is 31.1 Å². The number of pyridine rings is 1. The van der Waals surface area contributed by atoms with Gasteiger partial charge in [0.15, 0.2) is 0 Å². The summed E-state index contributed by atoms with van der Waals surface area (Å²) in [6, 6.07) is 10.8. The number of rotatable bonds is 3. The number of piperazine rings is 1. The molecule has 146 valence electrons. The first kappa shape index (κ1) is 17.8. The van der Waals surface area contributed by atoms with Gasteiger partial charge in [-0.25, -0.2) is 15.0 Å². The van der Waals surface area contributed by atoms with E-state index in [4.69, 9.17) is 4.98 Å². The van der Waals surface area contributed by atoms with E-state index in [0.717, 1.165) is 65.7 Å². The number of anilines is 1. The van der Waals surface area contributed by atoms with Crippen molar-refractivity contribution in [3.8, 4) is 22.4 Å². The van der Waals surface area contributed by atoms with Crippen molar-refractivity contribution in [3.63, 3.8) is 0 Å². The van der Waals surface area contributed by atoms with E-state index in [0.29, 0.717) is 0 Å². The highest BCUT2D eigenvalue weighted by atomic mass is 15.2. The Balaban J connectivity index is 1.47. The van der Waals surface area contributed by atoms with E-state index in [2.05, 4.69) is 62.4 Å². The maximum Gasteiger partial charge on any atom is 0.128 e. The summed E-state index contributed by atoms with van der Waals surface area (Å²) in [5.41, 5.74) is 6.69. The summed E-state index contributed by atoms with van der Waals surface area (Å²) in [4.78, 5) is 19.3. The van der Waals surface area contributed by atoms with Crippen LogP contribution in [0.5, 0.6) is 0 Å². The van der Waals surface area contributed by atoms with Crippen molar-refractivity contribution < 1.29 is 0 Å². The summed E-state index contributed by atoms with van der Waals surface area (Å²) in [5.74, 6) is 1.83. The molecule has 0 atom stereocenters. The summed E-state index contributed by atoms with van der Waals surface area (Å²) in [5, 5.41) is 4.60. The Bertz CT molecular complexity index is 1140. The van der Waals surface area contributed by atoms with Crippen molar-refractivity contribution in [3.05, 3.63) is 60.3 Å². The maximum absolute atomic E-state index is 4.71. The standard InChI is InChI=1S/C23H24N6/c1-15-20-5-3-17(11-21(20)28-23(15)19-13-25-16(2)26-14-19)18-4-6-22(27-12-18)29-9-7-24-8-10-29/h3-6,11-14,24,28H,7-10H2,1-2H3. The largest absolute Gasteiger partial charge is 0.354 e. The van der Waals surface area contributed by atoms with Crippen LogP contribution < -0.4 is 10.2 Å². The minimum absolute atomic E-state index is 0.779. The van der Waals surface area contributed by atoms with Gasteiger partial charge in [-0.3, -0.25) is 0 Å². The molecule has 0 saturated carbocycles. The van der Waals surface area contributed by atoms with Crippen LogP contribution in [0, 0.1) is 13.8 Å². The average Bonchev–Trinajstić information content (AvgIpc) is 3.11. The van der Waals surface area contributed by atoms with E-state index in [9.17, 15) is 0 Å². The number of fused-ring (bicyclic) bond motifs is 1. The van der Waals surface area contributed by atoms with Crippen molar-refractivity contribution in [1.29, 1.82) is 0 Å². The lowest BCUT2D eigenvalue weighted by atomic mass is 10.0. The number of nitrogens with zero attached hydrogens (tertiary/aromatic N) is 4. The number of hydrogen-bond donors (Lipinski definition) is 2. The number of aromatic nitrogens is 4. The summed E-state index contributed by atoms with van der Waals surface area (Å²) in [7, 11) is 0. The molecule has 29 heavy (non-hydrogen) atoms. The van der Waals surface area contributed by atoms with E-state index < -0.39 is 0 Å². The zero-order chi connectivity index (χ0) is 19.8. The predicted octanol–water partition coefficient (Wildman–Crippen LogP) is 3.71. The molecule has 0 aliphatic carbocycles. The molecule has 1 saturated heterocycles. The summed E-state index contributed by atoms with van der Waals surface area (Å²) in [6.07, 6.45) is 5.72. The Morgan fingerprint density at radius 1 is 0.828 bits per heavy atom. The number of H-pyrrole nitrogens is 1. The van der Waals surface area contributed by atoms with Gasteiger partial charge < -0.3 is 15.2 Å². The van der Waals surface area contributed by atoms with Gasteiger partial charge in [0, 0.05) is 66.8 Å². The molecule has 1 aliphatic heterocycles. The lowest BCUT2D eigenvalue weighted by molar-refractivity contribution is 0.585. The molecule has 0 radical (unpaired) electrons. The second kappa shape index (κ2) is 7.29. The van der Waals surface area contributed by atoms with Crippen molar-refractivity contribution in [2.24, 2.45) is 0 Å². The molecule has 1 aliphatic rings. The van der Waals surface area contributed by atoms with Crippen LogP contribution in [0.3, 0.4) is 0 Å². The van der Waals surface area contributed by atoms with Gasteiger partial charge in [-0.15, -0.1) is 0 Å². The van der Waals surface area contributed by atoms with E-state index in [1.54, 1.807) is 0 Å². The molecule has 5 rings (SSSR count). The van der Waals surface area contributed by atoms with Crippen LogP contribution in [0.15, 0.2) is 48.9 Å². The number of benzene rings is 1. The summed E-state index contributed by atoms with van der Waals surface area (Å²) >= 11 is 0. The Kier molecular flexibility index (Phi) is 4.48.